The normalized spacial score (nSPS) is 11.2. The van der Waals surface area contributed by atoms with Crippen molar-refractivity contribution in [3.8, 4) is 0 Å². The molecule has 0 aliphatic carbocycles. The van der Waals surface area contributed by atoms with Crippen LogP contribution >= 0.6 is 0 Å². The number of carbonyl (C=O) groups excluding carboxylic acids is 1. The number of aldehydes is 1. The van der Waals surface area contributed by atoms with Gasteiger partial charge in [0.25, 0.3) is 0 Å². The third kappa shape index (κ3) is 43.9. The first-order valence-electron chi connectivity index (χ1n) is 17.1. The summed E-state index contributed by atoms with van der Waals surface area (Å²) in [5.41, 5.74) is 0. The molecule has 0 aromatic heterocycles. The van der Waals surface area contributed by atoms with E-state index in [1.165, 1.54) is 148 Å². The van der Waals surface area contributed by atoms with Crippen LogP contribution in [0.25, 0.3) is 0 Å². The molecule has 0 aromatic carbocycles. The summed E-state index contributed by atoms with van der Waals surface area (Å²) in [6.07, 6.45) is 44.8. The average Bonchev–Trinajstić information content (AvgIpc) is 2.93. The van der Waals surface area contributed by atoms with Crippen molar-refractivity contribution in [2.75, 3.05) is 0 Å². The molecule has 0 aliphatic rings. The van der Waals surface area contributed by atoms with Crippen molar-refractivity contribution in [2.24, 2.45) is 0 Å². The highest BCUT2D eigenvalue weighted by Crippen LogP contribution is 2.11. The molecule has 0 unspecified atom stereocenters. The highest BCUT2D eigenvalue weighted by Gasteiger charge is 1.96. The van der Waals surface area contributed by atoms with Crippen LogP contribution in [-0.2, 0) is 9.59 Å². The standard InChI is InChI=1S/C18H34O2.C18H34O/c1-2-3-4-5-6-7-8-9-10-11-12-13-14-15-16-17-18(19)20;1-2-3-4-5-6-7-8-9-10-11-12-13-14-15-16-17-18-19/h9-10H,2-8,11-17H2,1H3,(H,19,20);9-10,18H,2-8,11-17H2,1H3/b2*10-9-. The van der Waals surface area contributed by atoms with Crippen LogP contribution in [0.15, 0.2) is 24.3 Å². The van der Waals surface area contributed by atoms with E-state index in [1.807, 2.05) is 0 Å². The molecule has 0 bridgehead atoms. The minimum Gasteiger partial charge on any atom is -0.481 e. The lowest BCUT2D eigenvalue weighted by atomic mass is 10.1. The van der Waals surface area contributed by atoms with Crippen molar-refractivity contribution in [1.29, 1.82) is 0 Å². The maximum atomic E-state index is 10.3. The van der Waals surface area contributed by atoms with Crippen molar-refractivity contribution >= 4 is 12.3 Å². The Hall–Kier alpha value is -1.38. The molecule has 0 aliphatic heterocycles. The largest absolute Gasteiger partial charge is 0.481 e. The first kappa shape index (κ1) is 39.8. The van der Waals surface area contributed by atoms with Crippen LogP contribution in [0.1, 0.15) is 194 Å². The van der Waals surface area contributed by atoms with Gasteiger partial charge in [-0.05, 0) is 64.2 Å². The van der Waals surface area contributed by atoms with Crippen LogP contribution in [0.5, 0.6) is 0 Å². The number of unbranched alkanes of at least 4 members (excludes halogenated alkanes) is 23. The number of carboxylic acids is 1. The SMILES string of the molecule is CCCCCCCC/C=C\CCCCCCCC(=O)O.CCCCCCCC/C=C\CCCCCCCC=O. The van der Waals surface area contributed by atoms with Gasteiger partial charge in [0, 0.05) is 12.8 Å². The number of allylic oxidation sites excluding steroid dienone is 4. The fourth-order valence-corrected chi connectivity index (χ4v) is 4.65. The molecule has 0 aromatic rings. The smallest absolute Gasteiger partial charge is 0.303 e. The number of hydrogen-bond acceptors (Lipinski definition) is 2. The van der Waals surface area contributed by atoms with Crippen molar-refractivity contribution in [1.82, 2.24) is 0 Å². The summed E-state index contributed by atoms with van der Waals surface area (Å²) < 4.78 is 0. The molecule has 3 heteroatoms. The van der Waals surface area contributed by atoms with Gasteiger partial charge in [-0.2, -0.15) is 0 Å². The second-order valence-electron chi connectivity index (χ2n) is 11.3. The van der Waals surface area contributed by atoms with E-state index in [0.29, 0.717) is 6.42 Å². The van der Waals surface area contributed by atoms with E-state index >= 15 is 0 Å². The minimum atomic E-state index is -0.664. The second kappa shape index (κ2) is 38.8. The van der Waals surface area contributed by atoms with Crippen LogP contribution in [0.2, 0.25) is 0 Å². The van der Waals surface area contributed by atoms with E-state index in [0.717, 1.165) is 32.0 Å². The zero-order chi connectivity index (χ0) is 28.9. The van der Waals surface area contributed by atoms with Crippen LogP contribution in [-0.4, -0.2) is 17.4 Å². The quantitative estimate of drug-likeness (QED) is 0.0551. The fraction of sp³-hybridized carbons (Fsp3) is 0.833. The lowest BCUT2D eigenvalue weighted by Gasteiger charge is -1.99. The summed E-state index contributed by atoms with van der Waals surface area (Å²) in [5, 5.41) is 8.51. The van der Waals surface area contributed by atoms with Gasteiger partial charge >= 0.3 is 5.97 Å². The second-order valence-corrected chi connectivity index (χ2v) is 11.3. The highest BCUT2D eigenvalue weighted by atomic mass is 16.4. The molecule has 0 saturated carbocycles. The predicted octanol–water partition coefficient (Wildman–Crippen LogP) is 12.3. The molecule has 0 atom stereocenters. The van der Waals surface area contributed by atoms with Crippen LogP contribution < -0.4 is 0 Å². The van der Waals surface area contributed by atoms with Crippen LogP contribution in [0, 0.1) is 0 Å². The van der Waals surface area contributed by atoms with E-state index in [4.69, 9.17) is 5.11 Å². The van der Waals surface area contributed by atoms with E-state index in [9.17, 15) is 9.59 Å². The number of hydrogen-bond donors (Lipinski definition) is 1. The fourth-order valence-electron chi connectivity index (χ4n) is 4.65. The summed E-state index contributed by atoms with van der Waals surface area (Å²) in [6.45, 7) is 4.53. The lowest BCUT2D eigenvalue weighted by molar-refractivity contribution is -0.137. The Morgan fingerprint density at radius 2 is 0.718 bits per heavy atom. The molecule has 1 N–H and O–H groups in total. The van der Waals surface area contributed by atoms with Gasteiger partial charge in [-0.25, -0.2) is 0 Å². The molecular formula is C36H68O3. The van der Waals surface area contributed by atoms with Gasteiger partial charge in [-0.1, -0.05) is 141 Å². The first-order valence-corrected chi connectivity index (χ1v) is 17.1. The third-order valence-electron chi connectivity index (χ3n) is 7.24. The van der Waals surface area contributed by atoms with Crippen LogP contribution in [0.3, 0.4) is 0 Å². The first-order chi connectivity index (χ1) is 19.2. The predicted molar refractivity (Wildman–Crippen MR) is 173 cm³/mol. The van der Waals surface area contributed by atoms with Crippen molar-refractivity contribution in [3.63, 3.8) is 0 Å². The molecule has 0 heterocycles. The summed E-state index contributed by atoms with van der Waals surface area (Å²) >= 11 is 0. The zero-order valence-electron chi connectivity index (χ0n) is 26.4. The molecule has 0 saturated heterocycles. The molecule has 0 radical (unpaired) electrons. The van der Waals surface area contributed by atoms with E-state index < -0.39 is 5.97 Å². The van der Waals surface area contributed by atoms with Gasteiger partial charge in [-0.15, -0.1) is 0 Å². The number of aliphatic carboxylic acids is 1. The summed E-state index contributed by atoms with van der Waals surface area (Å²) in [7, 11) is 0. The van der Waals surface area contributed by atoms with Gasteiger partial charge in [-0.3, -0.25) is 4.79 Å². The topological polar surface area (TPSA) is 54.4 Å². The van der Waals surface area contributed by atoms with Crippen molar-refractivity contribution in [3.05, 3.63) is 24.3 Å². The Morgan fingerprint density at radius 3 is 1.03 bits per heavy atom. The lowest BCUT2D eigenvalue weighted by Crippen LogP contribution is -1.93. The maximum absolute atomic E-state index is 10.3. The molecule has 3 nitrogen and oxygen atoms in total. The van der Waals surface area contributed by atoms with Crippen molar-refractivity contribution < 1.29 is 14.7 Å². The third-order valence-corrected chi connectivity index (χ3v) is 7.24. The minimum absolute atomic E-state index is 0.332. The van der Waals surface area contributed by atoms with Crippen LogP contribution in [0.4, 0.5) is 0 Å². The Kier molecular flexibility index (Phi) is 39.5. The van der Waals surface area contributed by atoms with Gasteiger partial charge in [0.2, 0.25) is 0 Å². The summed E-state index contributed by atoms with van der Waals surface area (Å²) in [4.78, 5) is 20.5. The van der Waals surface area contributed by atoms with Gasteiger partial charge < -0.3 is 9.90 Å². The van der Waals surface area contributed by atoms with E-state index in [1.54, 1.807) is 0 Å². The molecule has 0 spiro atoms. The molecule has 0 fully saturated rings. The Balaban J connectivity index is 0. The number of carboxylic acid groups (broad SMARTS) is 1. The molecular weight excluding hydrogens is 480 g/mol. The Bertz CT molecular complexity index is 523. The van der Waals surface area contributed by atoms with Gasteiger partial charge in [0.1, 0.15) is 6.29 Å². The molecule has 0 rings (SSSR count). The molecule has 0 amide bonds. The Morgan fingerprint density at radius 1 is 0.436 bits per heavy atom. The monoisotopic (exact) mass is 549 g/mol. The number of rotatable bonds is 30. The zero-order valence-corrected chi connectivity index (χ0v) is 26.4. The molecule has 39 heavy (non-hydrogen) atoms. The summed E-state index contributed by atoms with van der Waals surface area (Å²) in [6, 6.07) is 0. The molecule has 230 valence electrons. The van der Waals surface area contributed by atoms with E-state index in [2.05, 4.69) is 38.2 Å². The highest BCUT2D eigenvalue weighted by molar-refractivity contribution is 5.66. The van der Waals surface area contributed by atoms with Gasteiger partial charge in [0.05, 0.1) is 0 Å². The van der Waals surface area contributed by atoms with E-state index in [-0.39, 0.29) is 0 Å². The van der Waals surface area contributed by atoms with Gasteiger partial charge in [0.15, 0.2) is 0 Å². The summed E-state index contributed by atoms with van der Waals surface area (Å²) in [5.74, 6) is -0.664. The Labute approximate surface area is 244 Å². The number of carbonyl (C=O) groups is 2. The van der Waals surface area contributed by atoms with Crippen molar-refractivity contribution in [2.45, 2.75) is 194 Å². The average molecular weight is 549 g/mol. The maximum Gasteiger partial charge on any atom is 0.303 e.